The minimum Gasteiger partial charge on any atom is -0.478 e. The second-order valence-corrected chi connectivity index (χ2v) is 9.39. The van der Waals surface area contributed by atoms with Gasteiger partial charge in [-0.3, -0.25) is 4.79 Å². The first-order chi connectivity index (χ1) is 17.6. The lowest BCUT2D eigenvalue weighted by molar-refractivity contribution is -0.154. The summed E-state index contributed by atoms with van der Waals surface area (Å²) in [5.41, 5.74) is -1.26. The third-order valence-corrected chi connectivity index (χ3v) is 6.87. The number of ether oxygens (including phenoxy) is 2. The maximum Gasteiger partial charge on any atom is 0.345 e. The highest BCUT2D eigenvalue weighted by molar-refractivity contribution is 6.17. The first-order valence-electron chi connectivity index (χ1n) is 12.3. The van der Waals surface area contributed by atoms with E-state index in [0.717, 1.165) is 25.3 Å². The largest absolute Gasteiger partial charge is 0.478 e. The maximum atomic E-state index is 13.3. The summed E-state index contributed by atoms with van der Waals surface area (Å²) >= 11 is 0. The summed E-state index contributed by atoms with van der Waals surface area (Å²) in [4.78, 5) is 74.4. The Morgan fingerprint density at radius 3 is 2.14 bits per heavy atom. The molecule has 0 saturated carbocycles. The second kappa shape index (κ2) is 12.2. The fourth-order valence-corrected chi connectivity index (χ4v) is 4.97. The number of esters is 4. The van der Waals surface area contributed by atoms with Crippen molar-refractivity contribution in [1.29, 1.82) is 0 Å². The molecule has 3 rings (SSSR count). The van der Waals surface area contributed by atoms with Crippen LogP contribution in [0.15, 0.2) is 34.4 Å². The van der Waals surface area contributed by atoms with Crippen LogP contribution in [0.1, 0.15) is 64.7 Å². The number of unbranched alkanes of at least 4 members (excludes halogenated alkanes) is 3. The van der Waals surface area contributed by atoms with E-state index in [4.69, 9.17) is 14.6 Å². The molecule has 2 heterocycles. The van der Waals surface area contributed by atoms with Crippen molar-refractivity contribution in [3.63, 3.8) is 0 Å². The Morgan fingerprint density at radius 1 is 0.946 bits per heavy atom. The van der Waals surface area contributed by atoms with E-state index >= 15 is 0 Å². The molecule has 3 N–H and O–H groups in total. The number of hydrogen-bond donors (Lipinski definition) is 3. The fourth-order valence-electron chi connectivity index (χ4n) is 4.97. The van der Waals surface area contributed by atoms with Crippen LogP contribution in [0.5, 0.6) is 0 Å². The van der Waals surface area contributed by atoms with Crippen LogP contribution in [-0.2, 0) is 38.2 Å². The summed E-state index contributed by atoms with van der Waals surface area (Å²) in [7, 11) is 0. The van der Waals surface area contributed by atoms with E-state index in [2.05, 4.69) is 0 Å². The number of rotatable bonds is 11. The Kier molecular flexibility index (Phi) is 9.28. The Bertz CT molecular complexity index is 1090. The molecule has 0 amide bonds. The molecule has 0 unspecified atom stereocenters. The molecule has 3 aliphatic rings. The molecule has 200 valence electrons. The monoisotopic (exact) mass is 518 g/mol. The first kappa shape index (κ1) is 28.1. The van der Waals surface area contributed by atoms with E-state index in [1.807, 2.05) is 6.92 Å². The molecule has 11 nitrogen and oxygen atoms in total. The van der Waals surface area contributed by atoms with E-state index < -0.39 is 65.2 Å². The van der Waals surface area contributed by atoms with Crippen molar-refractivity contribution < 1.29 is 53.6 Å². The normalized spacial score (nSPS) is 24.9. The SMILES string of the molecule is CCCCCCC(=O)[C@@H]1C2=C(C[C@@H]([C@H](O)CC/C=C/C(=O)O)CC3=C(C(=O)OC3=O)[C@@H]1O)C(=O)OC2=O. The molecule has 1 aliphatic carbocycles. The zero-order valence-corrected chi connectivity index (χ0v) is 20.4. The lowest BCUT2D eigenvalue weighted by Gasteiger charge is -2.22. The number of cyclic esters (lactones) is 4. The Balaban J connectivity index is 2.04. The number of aliphatic carboxylic acids is 1. The molecule has 0 radical (unpaired) electrons. The van der Waals surface area contributed by atoms with Crippen LogP contribution in [0.4, 0.5) is 0 Å². The van der Waals surface area contributed by atoms with Gasteiger partial charge in [0.25, 0.3) is 0 Å². The van der Waals surface area contributed by atoms with Crippen molar-refractivity contribution in [1.82, 2.24) is 0 Å². The van der Waals surface area contributed by atoms with Crippen molar-refractivity contribution >= 4 is 35.6 Å². The molecular formula is C26H30O11. The van der Waals surface area contributed by atoms with Gasteiger partial charge in [-0.15, -0.1) is 0 Å². The predicted molar refractivity (Wildman–Crippen MR) is 124 cm³/mol. The number of carbonyl (C=O) groups is 6. The molecule has 0 aromatic rings. The van der Waals surface area contributed by atoms with Gasteiger partial charge < -0.3 is 24.8 Å². The Hall–Kier alpha value is -3.44. The lowest BCUT2D eigenvalue weighted by Crippen LogP contribution is -2.35. The number of Topliss-reactive ketones (excluding diaryl/α,β-unsaturated/α-hetero) is 1. The predicted octanol–water partition coefficient (Wildman–Crippen LogP) is 1.45. The average molecular weight is 519 g/mol. The lowest BCUT2D eigenvalue weighted by atomic mass is 9.81. The van der Waals surface area contributed by atoms with Crippen LogP contribution in [0.25, 0.3) is 0 Å². The van der Waals surface area contributed by atoms with Crippen LogP contribution in [-0.4, -0.2) is 63.2 Å². The molecule has 4 atom stereocenters. The van der Waals surface area contributed by atoms with Crippen LogP contribution in [0.2, 0.25) is 0 Å². The first-order valence-corrected chi connectivity index (χ1v) is 12.3. The Morgan fingerprint density at radius 2 is 1.54 bits per heavy atom. The number of aliphatic hydroxyl groups is 2. The number of carboxylic acids is 1. The summed E-state index contributed by atoms with van der Waals surface area (Å²) in [5, 5.41) is 30.8. The number of ketones is 1. The topological polar surface area (TPSA) is 182 Å². The number of carboxylic acid groups (broad SMARTS) is 1. The van der Waals surface area contributed by atoms with E-state index in [1.165, 1.54) is 6.08 Å². The van der Waals surface area contributed by atoms with Gasteiger partial charge in [-0.25, -0.2) is 24.0 Å². The highest BCUT2D eigenvalue weighted by atomic mass is 16.6. The van der Waals surface area contributed by atoms with E-state index in [1.54, 1.807) is 0 Å². The van der Waals surface area contributed by atoms with Crippen molar-refractivity contribution in [2.45, 2.75) is 76.9 Å². The summed E-state index contributed by atoms with van der Waals surface area (Å²) in [6.07, 6.45) is 1.67. The molecule has 0 fully saturated rings. The molecule has 0 aromatic carbocycles. The van der Waals surface area contributed by atoms with E-state index in [-0.39, 0.29) is 48.8 Å². The van der Waals surface area contributed by atoms with Crippen molar-refractivity contribution in [2.24, 2.45) is 11.8 Å². The second-order valence-electron chi connectivity index (χ2n) is 9.39. The molecule has 0 spiro atoms. The van der Waals surface area contributed by atoms with Gasteiger partial charge in [-0.05, 0) is 38.0 Å². The van der Waals surface area contributed by atoms with Crippen molar-refractivity contribution in [3.05, 3.63) is 34.4 Å². The van der Waals surface area contributed by atoms with Crippen molar-refractivity contribution in [2.75, 3.05) is 0 Å². The summed E-state index contributed by atoms with van der Waals surface area (Å²) < 4.78 is 9.48. The third-order valence-electron chi connectivity index (χ3n) is 6.87. The number of carbonyl (C=O) groups excluding carboxylic acids is 5. The van der Waals surface area contributed by atoms with Gasteiger partial charge in [-0.1, -0.05) is 32.3 Å². The minimum atomic E-state index is -1.93. The molecular weight excluding hydrogens is 488 g/mol. The summed E-state index contributed by atoms with van der Waals surface area (Å²) in [6.45, 7) is 1.99. The van der Waals surface area contributed by atoms with Crippen LogP contribution < -0.4 is 0 Å². The quantitative estimate of drug-likeness (QED) is 0.156. The van der Waals surface area contributed by atoms with E-state index in [9.17, 15) is 39.0 Å². The highest BCUT2D eigenvalue weighted by Gasteiger charge is 2.50. The average Bonchev–Trinajstić information content (AvgIpc) is 3.28. The number of aliphatic hydroxyl groups excluding tert-OH is 2. The minimum absolute atomic E-state index is 0.0342. The van der Waals surface area contributed by atoms with Gasteiger partial charge in [0, 0.05) is 18.1 Å². The zero-order chi connectivity index (χ0) is 27.3. The van der Waals surface area contributed by atoms with Gasteiger partial charge in [0.15, 0.2) is 0 Å². The number of allylic oxidation sites excluding steroid dienone is 1. The maximum absolute atomic E-state index is 13.3. The molecule has 0 saturated heterocycles. The molecule has 11 heteroatoms. The summed E-state index contributed by atoms with van der Waals surface area (Å²) in [6, 6.07) is 0. The molecule has 0 bridgehead atoms. The fraction of sp³-hybridized carbons (Fsp3) is 0.538. The highest BCUT2D eigenvalue weighted by Crippen LogP contribution is 2.41. The van der Waals surface area contributed by atoms with Crippen LogP contribution in [0, 0.1) is 11.8 Å². The Labute approximate surface area is 212 Å². The molecule has 37 heavy (non-hydrogen) atoms. The summed E-state index contributed by atoms with van der Waals surface area (Å²) in [5.74, 6) is -8.60. The molecule has 2 aliphatic heterocycles. The van der Waals surface area contributed by atoms with Gasteiger partial charge in [0.05, 0.1) is 28.7 Å². The van der Waals surface area contributed by atoms with Crippen LogP contribution in [0.3, 0.4) is 0 Å². The zero-order valence-electron chi connectivity index (χ0n) is 20.4. The van der Waals surface area contributed by atoms with Gasteiger partial charge in [0.2, 0.25) is 0 Å². The van der Waals surface area contributed by atoms with Crippen LogP contribution >= 0.6 is 0 Å². The van der Waals surface area contributed by atoms with Gasteiger partial charge >= 0.3 is 29.8 Å². The van der Waals surface area contributed by atoms with Crippen molar-refractivity contribution in [3.8, 4) is 0 Å². The van der Waals surface area contributed by atoms with Gasteiger partial charge in [-0.2, -0.15) is 0 Å². The smallest absolute Gasteiger partial charge is 0.345 e. The third kappa shape index (κ3) is 6.28. The van der Waals surface area contributed by atoms with E-state index in [0.29, 0.717) is 6.42 Å². The molecule has 0 aromatic heterocycles. The number of hydrogen-bond acceptors (Lipinski definition) is 10. The standard InChI is InChI=1S/C26H30O11/c1-2-3-4-5-9-17(28)21-19-14(23(32)36-25(19)34)11-13(16(27)8-6-7-10-18(29)30)12-15-20(22(21)31)26(35)37-24(15)33/h7,10,13,16,21-22,27,31H,2-6,8-9,11-12H2,1H3,(H,29,30)/b10-7+/t13-,16-,21-,22+/m1/s1. The van der Waals surface area contributed by atoms with Gasteiger partial charge in [0.1, 0.15) is 11.9 Å².